The van der Waals surface area contributed by atoms with Gasteiger partial charge in [-0.2, -0.15) is 0 Å². The number of benzene rings is 1. The molecular weight excluding hydrogens is 330 g/mol. The van der Waals surface area contributed by atoms with Crippen molar-refractivity contribution in [3.63, 3.8) is 0 Å². The Bertz CT molecular complexity index is 848. The number of carbonyl (C=O) groups is 1. The first kappa shape index (κ1) is 15.8. The average Bonchev–Trinajstić information content (AvgIpc) is 3.00. The normalized spacial score (nSPS) is 10.7. The molecule has 0 atom stereocenters. The smallest absolute Gasteiger partial charge is 0.339 e. The summed E-state index contributed by atoms with van der Waals surface area (Å²) < 4.78 is 5.12. The summed E-state index contributed by atoms with van der Waals surface area (Å²) >= 11 is 3.07. The first-order chi connectivity index (χ1) is 11.2. The van der Waals surface area contributed by atoms with Crippen LogP contribution in [0.1, 0.15) is 17.3 Å². The number of rotatable bonds is 5. The van der Waals surface area contributed by atoms with Crippen LogP contribution >= 0.6 is 23.1 Å². The van der Waals surface area contributed by atoms with Crippen molar-refractivity contribution in [1.29, 1.82) is 0 Å². The van der Waals surface area contributed by atoms with Crippen LogP contribution in [0.15, 0.2) is 40.9 Å². The van der Waals surface area contributed by atoms with Crippen molar-refractivity contribution in [2.45, 2.75) is 11.8 Å². The molecule has 7 heteroatoms. The first-order valence-electron chi connectivity index (χ1n) is 7.03. The maximum atomic E-state index is 12.1. The number of thiophene rings is 1. The molecule has 1 N–H and O–H groups in total. The summed E-state index contributed by atoms with van der Waals surface area (Å²) in [7, 11) is 0. The Labute approximate surface area is 142 Å². The van der Waals surface area contributed by atoms with E-state index in [1.54, 1.807) is 24.1 Å². The third kappa shape index (κ3) is 3.30. The van der Waals surface area contributed by atoms with E-state index in [2.05, 4.69) is 15.3 Å². The first-order valence-corrected chi connectivity index (χ1v) is 9.13. The van der Waals surface area contributed by atoms with Crippen LogP contribution in [0.25, 0.3) is 10.2 Å². The van der Waals surface area contributed by atoms with Gasteiger partial charge < -0.3 is 10.1 Å². The monoisotopic (exact) mass is 345 g/mol. The number of carbonyl (C=O) groups excluding carboxylic acids is 1. The lowest BCUT2D eigenvalue weighted by Gasteiger charge is -2.09. The summed E-state index contributed by atoms with van der Waals surface area (Å²) in [6, 6.07) is 8.02. The van der Waals surface area contributed by atoms with E-state index < -0.39 is 0 Å². The van der Waals surface area contributed by atoms with Crippen LogP contribution in [-0.4, -0.2) is 28.8 Å². The van der Waals surface area contributed by atoms with Crippen LogP contribution in [-0.2, 0) is 4.74 Å². The lowest BCUT2D eigenvalue weighted by molar-refractivity contribution is 0.0529. The molecule has 0 fully saturated rings. The lowest BCUT2D eigenvalue weighted by Crippen LogP contribution is -2.05. The van der Waals surface area contributed by atoms with E-state index in [4.69, 9.17) is 4.74 Å². The molecule has 3 aromatic rings. The maximum Gasteiger partial charge on any atom is 0.339 e. The van der Waals surface area contributed by atoms with Crippen LogP contribution in [0.4, 0.5) is 11.5 Å². The van der Waals surface area contributed by atoms with Gasteiger partial charge in [-0.05, 0) is 31.4 Å². The number of nitrogens with one attached hydrogen (secondary N) is 1. The fourth-order valence-corrected chi connectivity index (χ4v) is 3.50. The van der Waals surface area contributed by atoms with Crippen molar-refractivity contribution in [3.05, 3.63) is 41.5 Å². The zero-order valence-electron chi connectivity index (χ0n) is 12.7. The zero-order chi connectivity index (χ0) is 16.2. The van der Waals surface area contributed by atoms with E-state index >= 15 is 0 Å². The lowest BCUT2D eigenvalue weighted by atomic mass is 10.2. The Kier molecular flexibility index (Phi) is 4.78. The van der Waals surface area contributed by atoms with E-state index in [0.29, 0.717) is 23.4 Å². The maximum absolute atomic E-state index is 12.1. The fraction of sp³-hybridized carbons (Fsp3) is 0.188. The number of aromatic nitrogens is 2. The second-order valence-electron chi connectivity index (χ2n) is 4.63. The number of thioether (sulfide) groups is 1. The highest BCUT2D eigenvalue weighted by molar-refractivity contribution is 7.98. The molecule has 118 valence electrons. The Balaban J connectivity index is 2.03. The molecule has 0 amide bonds. The predicted octanol–water partition coefficient (Wildman–Crippen LogP) is 4.33. The van der Waals surface area contributed by atoms with E-state index in [0.717, 1.165) is 15.4 Å². The van der Waals surface area contributed by atoms with Gasteiger partial charge in [0.15, 0.2) is 0 Å². The van der Waals surface area contributed by atoms with Gasteiger partial charge in [0.05, 0.1) is 17.6 Å². The molecule has 1 aromatic carbocycles. The highest BCUT2D eigenvalue weighted by Gasteiger charge is 2.18. The highest BCUT2D eigenvalue weighted by Crippen LogP contribution is 2.32. The highest BCUT2D eigenvalue weighted by atomic mass is 32.2. The van der Waals surface area contributed by atoms with Gasteiger partial charge in [-0.1, -0.05) is 6.07 Å². The Hall–Kier alpha value is -2.12. The van der Waals surface area contributed by atoms with Crippen LogP contribution < -0.4 is 5.32 Å². The summed E-state index contributed by atoms with van der Waals surface area (Å²) in [6.45, 7) is 2.12. The van der Waals surface area contributed by atoms with Crippen LogP contribution in [0.5, 0.6) is 0 Å². The zero-order valence-corrected chi connectivity index (χ0v) is 14.3. The summed E-state index contributed by atoms with van der Waals surface area (Å²) in [6.07, 6.45) is 3.52. The number of hydrogen-bond acceptors (Lipinski definition) is 7. The SMILES string of the molecule is CCOC(=O)c1csc2ncnc(Nc3cccc(SC)c3)c12. The van der Waals surface area contributed by atoms with Crippen molar-refractivity contribution in [1.82, 2.24) is 9.97 Å². The van der Waals surface area contributed by atoms with E-state index in [1.807, 2.05) is 30.5 Å². The second kappa shape index (κ2) is 6.97. The minimum atomic E-state index is -0.352. The van der Waals surface area contributed by atoms with Crippen LogP contribution in [0.3, 0.4) is 0 Å². The van der Waals surface area contributed by atoms with Crippen LogP contribution in [0, 0.1) is 0 Å². The van der Waals surface area contributed by atoms with Crippen molar-refractivity contribution >= 4 is 50.8 Å². The van der Waals surface area contributed by atoms with Gasteiger partial charge in [-0.3, -0.25) is 0 Å². The molecule has 0 spiro atoms. The van der Waals surface area contributed by atoms with Crippen molar-refractivity contribution in [2.75, 3.05) is 18.2 Å². The summed E-state index contributed by atoms with van der Waals surface area (Å²) in [5.74, 6) is 0.257. The number of fused-ring (bicyclic) bond motifs is 1. The predicted molar refractivity (Wildman–Crippen MR) is 94.9 cm³/mol. The summed E-state index contributed by atoms with van der Waals surface area (Å²) in [4.78, 5) is 22.6. The topological polar surface area (TPSA) is 64.1 Å². The minimum absolute atomic E-state index is 0.336. The molecular formula is C16H15N3O2S2. The average molecular weight is 345 g/mol. The molecule has 3 rings (SSSR count). The quantitative estimate of drug-likeness (QED) is 0.548. The van der Waals surface area contributed by atoms with Gasteiger partial charge in [0, 0.05) is 16.0 Å². The van der Waals surface area contributed by atoms with E-state index in [1.165, 1.54) is 17.7 Å². The number of nitrogens with zero attached hydrogens (tertiary/aromatic N) is 2. The standard InChI is InChI=1S/C16H15N3O2S2/c1-3-21-16(20)12-8-23-15-13(12)14(17-9-18-15)19-10-5-4-6-11(7-10)22-2/h4-9H,3H2,1-2H3,(H,17,18,19). The Morgan fingerprint density at radius 1 is 1.39 bits per heavy atom. The Morgan fingerprint density at radius 3 is 3.04 bits per heavy atom. The van der Waals surface area contributed by atoms with Crippen molar-refractivity contribution in [2.24, 2.45) is 0 Å². The number of anilines is 2. The second-order valence-corrected chi connectivity index (χ2v) is 6.37. The van der Waals surface area contributed by atoms with Crippen LogP contribution in [0.2, 0.25) is 0 Å². The molecule has 0 aliphatic rings. The number of hydrogen-bond donors (Lipinski definition) is 1. The summed E-state index contributed by atoms with van der Waals surface area (Å²) in [5, 5.41) is 5.74. The van der Waals surface area contributed by atoms with Gasteiger partial charge in [0.2, 0.25) is 0 Å². The van der Waals surface area contributed by atoms with Gasteiger partial charge >= 0.3 is 5.97 Å². The molecule has 2 aromatic heterocycles. The molecule has 0 radical (unpaired) electrons. The van der Waals surface area contributed by atoms with Crippen molar-refractivity contribution in [3.8, 4) is 0 Å². The van der Waals surface area contributed by atoms with Gasteiger partial charge in [-0.25, -0.2) is 14.8 Å². The fourth-order valence-electron chi connectivity index (χ4n) is 2.17. The molecule has 5 nitrogen and oxygen atoms in total. The van der Waals surface area contributed by atoms with Crippen molar-refractivity contribution < 1.29 is 9.53 Å². The van der Waals surface area contributed by atoms with Gasteiger partial charge in [-0.15, -0.1) is 23.1 Å². The third-order valence-corrected chi connectivity index (χ3v) is 4.81. The molecule has 0 unspecified atom stereocenters. The molecule has 0 aliphatic carbocycles. The molecule has 0 saturated carbocycles. The van der Waals surface area contributed by atoms with E-state index in [-0.39, 0.29) is 5.97 Å². The molecule has 0 saturated heterocycles. The molecule has 23 heavy (non-hydrogen) atoms. The molecule has 0 aliphatic heterocycles. The Morgan fingerprint density at radius 2 is 2.26 bits per heavy atom. The third-order valence-electron chi connectivity index (χ3n) is 3.20. The number of esters is 1. The minimum Gasteiger partial charge on any atom is -0.462 e. The molecule has 0 bridgehead atoms. The largest absolute Gasteiger partial charge is 0.462 e. The summed E-state index contributed by atoms with van der Waals surface area (Å²) in [5.41, 5.74) is 1.41. The van der Waals surface area contributed by atoms with Gasteiger partial charge in [0.1, 0.15) is 17.0 Å². The molecule has 2 heterocycles. The van der Waals surface area contributed by atoms with Gasteiger partial charge in [0.25, 0.3) is 0 Å². The van der Waals surface area contributed by atoms with E-state index in [9.17, 15) is 4.79 Å². The number of ether oxygens (including phenoxy) is 1.